The van der Waals surface area contributed by atoms with Crippen molar-refractivity contribution in [3.63, 3.8) is 0 Å². The number of ether oxygens (including phenoxy) is 3. The van der Waals surface area contributed by atoms with Crippen LogP contribution in [0.3, 0.4) is 0 Å². The van der Waals surface area contributed by atoms with E-state index in [1.165, 1.54) is 0 Å². The Morgan fingerprint density at radius 3 is 2.55 bits per heavy atom. The fraction of sp³-hybridized carbons (Fsp3) is 0.364. The van der Waals surface area contributed by atoms with E-state index >= 15 is 0 Å². The lowest BCUT2D eigenvalue weighted by Crippen LogP contribution is -2.32. The van der Waals surface area contributed by atoms with Gasteiger partial charge in [0, 0.05) is 23.7 Å². The second-order valence-electron chi connectivity index (χ2n) is 6.67. The van der Waals surface area contributed by atoms with E-state index in [1.54, 1.807) is 42.5 Å². The molecule has 29 heavy (non-hydrogen) atoms. The zero-order chi connectivity index (χ0) is 20.5. The molecular weight excluding hydrogens is 372 g/mol. The van der Waals surface area contributed by atoms with E-state index < -0.39 is 0 Å². The number of anilines is 1. The van der Waals surface area contributed by atoms with Crippen LogP contribution >= 0.6 is 0 Å². The van der Waals surface area contributed by atoms with Gasteiger partial charge in [-0.1, -0.05) is 13.3 Å². The second-order valence-corrected chi connectivity index (χ2v) is 6.67. The van der Waals surface area contributed by atoms with Gasteiger partial charge in [0.15, 0.2) is 11.5 Å². The van der Waals surface area contributed by atoms with E-state index in [0.29, 0.717) is 42.6 Å². The van der Waals surface area contributed by atoms with Crippen molar-refractivity contribution in [1.29, 1.82) is 0 Å². The van der Waals surface area contributed by atoms with Crippen LogP contribution in [0.15, 0.2) is 42.5 Å². The molecule has 0 fully saturated rings. The van der Waals surface area contributed by atoms with E-state index in [4.69, 9.17) is 14.2 Å². The SMILES string of the molecule is CCCCOc1ccc(C(=O)NCC(=O)Nc2ccc3c(c2)OCCCO3)cc1. The third kappa shape index (κ3) is 6.14. The molecule has 0 saturated heterocycles. The normalized spacial score (nSPS) is 12.6. The molecule has 0 radical (unpaired) electrons. The number of carbonyl (C=O) groups is 2. The van der Waals surface area contributed by atoms with E-state index in [-0.39, 0.29) is 18.4 Å². The molecule has 1 aliphatic rings. The van der Waals surface area contributed by atoms with Crippen LogP contribution in [0, 0.1) is 0 Å². The van der Waals surface area contributed by atoms with Crippen LogP contribution in [0.1, 0.15) is 36.5 Å². The molecule has 0 atom stereocenters. The van der Waals surface area contributed by atoms with Gasteiger partial charge in [0.1, 0.15) is 5.75 Å². The summed E-state index contributed by atoms with van der Waals surface area (Å²) in [5, 5.41) is 5.36. The quantitative estimate of drug-likeness (QED) is 0.666. The van der Waals surface area contributed by atoms with Crippen LogP contribution in [0.5, 0.6) is 17.2 Å². The van der Waals surface area contributed by atoms with Gasteiger partial charge in [-0.2, -0.15) is 0 Å². The molecule has 2 amide bonds. The maximum absolute atomic E-state index is 12.2. The van der Waals surface area contributed by atoms with Gasteiger partial charge in [0.25, 0.3) is 5.91 Å². The largest absolute Gasteiger partial charge is 0.494 e. The minimum absolute atomic E-state index is 0.137. The van der Waals surface area contributed by atoms with Gasteiger partial charge in [-0.3, -0.25) is 9.59 Å². The predicted octanol–water partition coefficient (Wildman–Crippen LogP) is 3.40. The van der Waals surface area contributed by atoms with Crippen LogP contribution in [0.25, 0.3) is 0 Å². The summed E-state index contributed by atoms with van der Waals surface area (Å²) in [6.45, 7) is 3.80. The van der Waals surface area contributed by atoms with Gasteiger partial charge in [0.2, 0.25) is 5.91 Å². The average Bonchev–Trinajstić information content (AvgIpc) is 2.98. The molecule has 2 aromatic carbocycles. The van der Waals surface area contributed by atoms with Gasteiger partial charge in [-0.05, 0) is 42.8 Å². The highest BCUT2D eigenvalue weighted by atomic mass is 16.5. The molecule has 0 spiro atoms. The summed E-state index contributed by atoms with van der Waals surface area (Å²) in [5.41, 5.74) is 1.05. The number of unbranched alkanes of at least 4 members (excludes halogenated alkanes) is 1. The summed E-state index contributed by atoms with van der Waals surface area (Å²) in [7, 11) is 0. The lowest BCUT2D eigenvalue weighted by Gasteiger charge is -2.11. The van der Waals surface area contributed by atoms with Crippen molar-refractivity contribution in [3.05, 3.63) is 48.0 Å². The van der Waals surface area contributed by atoms with Crippen molar-refractivity contribution in [2.24, 2.45) is 0 Å². The van der Waals surface area contributed by atoms with Gasteiger partial charge in [-0.15, -0.1) is 0 Å². The molecule has 1 aliphatic heterocycles. The fourth-order valence-electron chi connectivity index (χ4n) is 2.75. The number of nitrogens with one attached hydrogen (secondary N) is 2. The molecule has 0 aliphatic carbocycles. The van der Waals surface area contributed by atoms with Crippen molar-refractivity contribution in [1.82, 2.24) is 5.32 Å². The smallest absolute Gasteiger partial charge is 0.251 e. The topological polar surface area (TPSA) is 85.9 Å². The highest BCUT2D eigenvalue weighted by molar-refractivity contribution is 5.99. The zero-order valence-corrected chi connectivity index (χ0v) is 16.5. The summed E-state index contributed by atoms with van der Waals surface area (Å²) in [4.78, 5) is 24.4. The lowest BCUT2D eigenvalue weighted by atomic mass is 10.2. The highest BCUT2D eigenvalue weighted by Crippen LogP contribution is 2.32. The number of hydrogen-bond donors (Lipinski definition) is 2. The zero-order valence-electron chi connectivity index (χ0n) is 16.5. The Bertz CT molecular complexity index is 836. The molecule has 0 bridgehead atoms. The van der Waals surface area contributed by atoms with Crippen molar-refractivity contribution in [2.45, 2.75) is 26.2 Å². The molecular formula is C22H26N2O5. The summed E-state index contributed by atoms with van der Waals surface area (Å²) < 4.78 is 16.8. The molecule has 2 aromatic rings. The molecule has 0 aromatic heterocycles. The van der Waals surface area contributed by atoms with Gasteiger partial charge >= 0.3 is 0 Å². The van der Waals surface area contributed by atoms with E-state index in [0.717, 1.165) is 25.0 Å². The summed E-state index contributed by atoms with van der Waals surface area (Å²) in [6, 6.07) is 12.1. The molecule has 2 N–H and O–H groups in total. The Morgan fingerprint density at radius 2 is 1.79 bits per heavy atom. The van der Waals surface area contributed by atoms with Crippen LogP contribution in [-0.4, -0.2) is 38.2 Å². The van der Waals surface area contributed by atoms with Crippen LogP contribution in [-0.2, 0) is 4.79 Å². The fourth-order valence-corrected chi connectivity index (χ4v) is 2.75. The predicted molar refractivity (Wildman–Crippen MR) is 110 cm³/mol. The Labute approximate surface area is 170 Å². The number of fused-ring (bicyclic) bond motifs is 1. The molecule has 154 valence electrons. The maximum Gasteiger partial charge on any atom is 0.251 e. The number of rotatable bonds is 8. The number of carbonyl (C=O) groups excluding carboxylic acids is 2. The number of hydrogen-bond acceptors (Lipinski definition) is 5. The second kappa shape index (κ2) is 10.4. The molecule has 3 rings (SSSR count). The van der Waals surface area contributed by atoms with Crippen molar-refractivity contribution < 1.29 is 23.8 Å². The third-order valence-corrected chi connectivity index (χ3v) is 4.32. The molecule has 7 nitrogen and oxygen atoms in total. The first-order valence-electron chi connectivity index (χ1n) is 9.86. The van der Waals surface area contributed by atoms with Gasteiger partial charge < -0.3 is 24.8 Å². The summed E-state index contributed by atoms with van der Waals surface area (Å²) >= 11 is 0. The first-order chi connectivity index (χ1) is 14.2. The standard InChI is InChI=1S/C22H26N2O5/c1-2-3-11-27-18-8-5-16(6-9-18)22(26)23-15-21(25)24-17-7-10-19-20(14-17)29-13-4-12-28-19/h5-10,14H,2-4,11-13,15H2,1H3,(H,23,26)(H,24,25). The summed E-state index contributed by atoms with van der Waals surface area (Å²) in [6.07, 6.45) is 2.86. The molecule has 0 unspecified atom stereocenters. The maximum atomic E-state index is 12.2. The monoisotopic (exact) mass is 398 g/mol. The number of benzene rings is 2. The van der Waals surface area contributed by atoms with Gasteiger partial charge in [-0.25, -0.2) is 0 Å². The van der Waals surface area contributed by atoms with Crippen molar-refractivity contribution >= 4 is 17.5 Å². The van der Waals surface area contributed by atoms with E-state index in [1.807, 2.05) is 0 Å². The Kier molecular flexibility index (Phi) is 7.33. The van der Waals surface area contributed by atoms with Crippen LogP contribution in [0.2, 0.25) is 0 Å². The minimum atomic E-state index is -0.327. The Morgan fingerprint density at radius 1 is 1.03 bits per heavy atom. The molecule has 7 heteroatoms. The van der Waals surface area contributed by atoms with Crippen molar-refractivity contribution in [2.75, 3.05) is 31.7 Å². The molecule has 0 saturated carbocycles. The van der Waals surface area contributed by atoms with Crippen LogP contribution in [0.4, 0.5) is 5.69 Å². The highest BCUT2D eigenvalue weighted by Gasteiger charge is 2.13. The van der Waals surface area contributed by atoms with E-state index in [2.05, 4.69) is 17.6 Å². The first kappa shape index (κ1) is 20.5. The van der Waals surface area contributed by atoms with Crippen LogP contribution < -0.4 is 24.8 Å². The van der Waals surface area contributed by atoms with E-state index in [9.17, 15) is 9.59 Å². The Hall–Kier alpha value is -3.22. The third-order valence-electron chi connectivity index (χ3n) is 4.32. The number of amides is 2. The summed E-state index contributed by atoms with van der Waals surface area (Å²) in [5.74, 6) is 1.34. The Balaban J connectivity index is 1.47. The average molecular weight is 398 g/mol. The van der Waals surface area contributed by atoms with Gasteiger partial charge in [0.05, 0.1) is 26.4 Å². The minimum Gasteiger partial charge on any atom is -0.494 e. The van der Waals surface area contributed by atoms with Crippen molar-refractivity contribution in [3.8, 4) is 17.2 Å². The molecule has 1 heterocycles. The first-order valence-corrected chi connectivity index (χ1v) is 9.86. The lowest BCUT2D eigenvalue weighted by molar-refractivity contribution is -0.115.